The zero-order valence-corrected chi connectivity index (χ0v) is 21.4. The van der Waals surface area contributed by atoms with Gasteiger partial charge >= 0.3 is 6.03 Å². The van der Waals surface area contributed by atoms with Crippen LogP contribution in [0.4, 0.5) is 22.0 Å². The Labute approximate surface area is 217 Å². The molecule has 3 aliphatic heterocycles. The minimum absolute atomic E-state index is 0.303. The summed E-state index contributed by atoms with van der Waals surface area (Å²) in [5, 5.41) is 5.69. The number of carbonyl (C=O) groups is 1. The van der Waals surface area contributed by atoms with E-state index in [0.717, 1.165) is 68.5 Å². The topological polar surface area (TPSA) is 95.5 Å². The summed E-state index contributed by atoms with van der Waals surface area (Å²) in [5.41, 5.74) is 4.75. The number of hydrogen-bond donors (Lipinski definition) is 2. The molecular formula is C28H33N7O2. The molecule has 0 saturated carbocycles. The van der Waals surface area contributed by atoms with Crippen molar-refractivity contribution >= 4 is 23.2 Å². The Kier molecular flexibility index (Phi) is 6.48. The summed E-state index contributed by atoms with van der Waals surface area (Å²) in [4.78, 5) is 31.6. The largest absolute Gasteiger partial charge is 0.377 e. The van der Waals surface area contributed by atoms with Gasteiger partial charge in [-0.2, -0.15) is 0 Å². The van der Waals surface area contributed by atoms with Crippen LogP contribution in [0.5, 0.6) is 0 Å². The predicted molar refractivity (Wildman–Crippen MR) is 144 cm³/mol. The maximum Gasteiger partial charge on any atom is 0.323 e. The van der Waals surface area contributed by atoms with E-state index < -0.39 is 0 Å². The summed E-state index contributed by atoms with van der Waals surface area (Å²) in [6.07, 6.45) is 6.55. The van der Waals surface area contributed by atoms with E-state index in [1.54, 1.807) is 24.5 Å². The molecule has 5 heterocycles. The first-order valence-electron chi connectivity index (χ1n) is 13.1. The highest BCUT2D eigenvalue weighted by Crippen LogP contribution is 2.38. The number of benzene rings is 1. The van der Waals surface area contributed by atoms with E-state index in [9.17, 15) is 4.79 Å². The van der Waals surface area contributed by atoms with Crippen LogP contribution in [-0.2, 0) is 17.7 Å². The fraction of sp³-hybridized carbons (Fsp3) is 0.429. The number of nitrogens with one attached hydrogen (secondary N) is 2. The molecule has 2 fully saturated rings. The van der Waals surface area contributed by atoms with Gasteiger partial charge < -0.3 is 20.3 Å². The molecule has 3 aromatic rings. The van der Waals surface area contributed by atoms with Crippen molar-refractivity contribution in [2.24, 2.45) is 0 Å². The first-order valence-corrected chi connectivity index (χ1v) is 13.1. The molecule has 0 spiro atoms. The minimum atomic E-state index is -0.303. The van der Waals surface area contributed by atoms with Crippen LogP contribution < -0.4 is 15.5 Å². The van der Waals surface area contributed by atoms with Gasteiger partial charge in [-0.15, -0.1) is 0 Å². The molecule has 2 aromatic heterocycles. The molecule has 9 nitrogen and oxygen atoms in total. The first-order chi connectivity index (χ1) is 18.0. The third kappa shape index (κ3) is 4.89. The molecule has 6 rings (SSSR count). The number of rotatable bonds is 5. The Balaban J connectivity index is 1.28. The number of anilines is 3. The standard InChI is InChI=1S/C28H33N7O2/c1-18(2)34-14-11-24-25(15-34)32-26(33-27(24)35-22-7-8-23(35)17-37-16-22)19-3-5-20(6-4-19)30-28(36)31-21-9-12-29-13-10-21/h3-6,9-10,12-13,18,22-23H,7-8,11,14-17H2,1-2H3,(H2,29,30,31,36). The second kappa shape index (κ2) is 10.1. The Morgan fingerprint density at radius 3 is 2.32 bits per heavy atom. The maximum absolute atomic E-state index is 12.4. The van der Waals surface area contributed by atoms with Crippen molar-refractivity contribution in [2.45, 2.75) is 57.8 Å². The molecule has 0 radical (unpaired) electrons. The normalized spacial score (nSPS) is 21.1. The van der Waals surface area contributed by atoms with Gasteiger partial charge in [0.05, 0.1) is 31.0 Å². The summed E-state index contributed by atoms with van der Waals surface area (Å²) in [6.45, 7) is 7.89. The number of nitrogens with zero attached hydrogens (tertiary/aromatic N) is 5. The number of morpholine rings is 1. The van der Waals surface area contributed by atoms with Gasteiger partial charge in [-0.25, -0.2) is 14.8 Å². The van der Waals surface area contributed by atoms with Crippen molar-refractivity contribution in [2.75, 3.05) is 35.3 Å². The highest BCUT2D eigenvalue weighted by atomic mass is 16.5. The van der Waals surface area contributed by atoms with Crippen LogP contribution in [0.3, 0.4) is 0 Å². The van der Waals surface area contributed by atoms with Crippen molar-refractivity contribution in [3.8, 4) is 11.4 Å². The second-order valence-electron chi connectivity index (χ2n) is 10.3. The number of aromatic nitrogens is 3. The lowest BCUT2D eigenvalue weighted by Crippen LogP contribution is -2.47. The van der Waals surface area contributed by atoms with Crippen molar-refractivity contribution in [3.05, 3.63) is 60.0 Å². The lowest BCUT2D eigenvalue weighted by atomic mass is 10.0. The number of pyridine rings is 1. The van der Waals surface area contributed by atoms with Gasteiger partial charge in [-0.05, 0) is 69.5 Å². The van der Waals surface area contributed by atoms with E-state index in [0.29, 0.717) is 29.5 Å². The van der Waals surface area contributed by atoms with E-state index in [1.807, 2.05) is 24.3 Å². The number of amides is 2. The third-order valence-electron chi connectivity index (χ3n) is 7.63. The van der Waals surface area contributed by atoms with Crippen LogP contribution in [0, 0.1) is 0 Å². The van der Waals surface area contributed by atoms with Gasteiger partial charge in [0.1, 0.15) is 5.82 Å². The second-order valence-corrected chi connectivity index (χ2v) is 10.3. The third-order valence-corrected chi connectivity index (χ3v) is 7.63. The molecule has 0 aliphatic carbocycles. The van der Waals surface area contributed by atoms with Gasteiger partial charge in [-0.1, -0.05) is 0 Å². The van der Waals surface area contributed by atoms with Crippen molar-refractivity contribution in [1.82, 2.24) is 19.9 Å². The first kappa shape index (κ1) is 23.8. The van der Waals surface area contributed by atoms with Crippen molar-refractivity contribution in [1.29, 1.82) is 0 Å². The zero-order chi connectivity index (χ0) is 25.4. The molecule has 2 bridgehead atoms. The number of urea groups is 1. The molecule has 1 aromatic carbocycles. The van der Waals surface area contributed by atoms with E-state index in [2.05, 4.69) is 39.3 Å². The average molecular weight is 500 g/mol. The average Bonchev–Trinajstić information content (AvgIpc) is 3.15. The lowest BCUT2D eigenvalue weighted by Gasteiger charge is -2.39. The summed E-state index contributed by atoms with van der Waals surface area (Å²) >= 11 is 0. The highest BCUT2D eigenvalue weighted by molar-refractivity contribution is 5.99. The number of carbonyl (C=O) groups excluding carboxylic acids is 1. The smallest absolute Gasteiger partial charge is 0.323 e. The van der Waals surface area contributed by atoms with E-state index in [4.69, 9.17) is 14.7 Å². The van der Waals surface area contributed by atoms with Crippen LogP contribution >= 0.6 is 0 Å². The highest BCUT2D eigenvalue weighted by Gasteiger charge is 2.40. The Bertz CT molecular complexity index is 1250. The van der Waals surface area contributed by atoms with E-state index in [1.165, 1.54) is 5.56 Å². The van der Waals surface area contributed by atoms with E-state index >= 15 is 0 Å². The summed E-state index contributed by atoms with van der Waals surface area (Å²) in [6, 6.07) is 12.2. The molecule has 2 N–H and O–H groups in total. The molecular weight excluding hydrogens is 466 g/mol. The molecule has 37 heavy (non-hydrogen) atoms. The van der Waals surface area contributed by atoms with Crippen LogP contribution in [-0.4, -0.2) is 63.8 Å². The summed E-state index contributed by atoms with van der Waals surface area (Å²) in [5.74, 6) is 1.83. The lowest BCUT2D eigenvalue weighted by molar-refractivity contribution is 0.0899. The van der Waals surface area contributed by atoms with Crippen LogP contribution in [0.25, 0.3) is 11.4 Å². The molecule has 192 valence electrons. The Hall–Kier alpha value is -3.56. The van der Waals surface area contributed by atoms with Crippen molar-refractivity contribution in [3.63, 3.8) is 0 Å². The molecule has 2 saturated heterocycles. The monoisotopic (exact) mass is 499 g/mol. The number of fused-ring (bicyclic) bond motifs is 3. The fourth-order valence-electron chi connectivity index (χ4n) is 5.62. The molecule has 2 unspecified atom stereocenters. The van der Waals surface area contributed by atoms with Gasteiger partial charge in [0.2, 0.25) is 0 Å². The van der Waals surface area contributed by atoms with Crippen LogP contribution in [0.1, 0.15) is 37.9 Å². The number of ether oxygens (including phenoxy) is 1. The van der Waals surface area contributed by atoms with Gasteiger partial charge in [-0.3, -0.25) is 9.88 Å². The van der Waals surface area contributed by atoms with Gasteiger partial charge in [0, 0.05) is 54.0 Å². The molecule has 3 aliphatic rings. The SMILES string of the molecule is CC(C)N1CCc2c(nc(-c3ccc(NC(=O)Nc4ccncc4)cc3)nc2N2C3CCC2COC3)C1. The van der Waals surface area contributed by atoms with Crippen LogP contribution in [0.15, 0.2) is 48.8 Å². The molecule has 2 atom stereocenters. The van der Waals surface area contributed by atoms with Crippen molar-refractivity contribution < 1.29 is 9.53 Å². The number of hydrogen-bond acceptors (Lipinski definition) is 7. The summed E-state index contributed by atoms with van der Waals surface area (Å²) in [7, 11) is 0. The molecule has 9 heteroatoms. The van der Waals surface area contributed by atoms with Gasteiger partial charge in [0.25, 0.3) is 0 Å². The maximum atomic E-state index is 12.4. The Morgan fingerprint density at radius 1 is 0.973 bits per heavy atom. The minimum Gasteiger partial charge on any atom is -0.377 e. The Morgan fingerprint density at radius 2 is 1.65 bits per heavy atom. The van der Waals surface area contributed by atoms with Gasteiger partial charge in [0.15, 0.2) is 5.82 Å². The van der Waals surface area contributed by atoms with Crippen LogP contribution in [0.2, 0.25) is 0 Å². The summed E-state index contributed by atoms with van der Waals surface area (Å²) < 4.78 is 5.86. The zero-order valence-electron chi connectivity index (χ0n) is 21.4. The quantitative estimate of drug-likeness (QED) is 0.540. The predicted octanol–water partition coefficient (Wildman–Crippen LogP) is 4.32. The molecule has 2 amide bonds. The van der Waals surface area contributed by atoms with E-state index in [-0.39, 0.29) is 6.03 Å². The fourth-order valence-corrected chi connectivity index (χ4v) is 5.62.